The molecular weight excluding hydrogens is 219 g/mol. The van der Waals surface area contributed by atoms with Gasteiger partial charge >= 0.3 is 0 Å². The second-order valence-electron chi connectivity index (χ2n) is 4.04. The number of rotatable bonds is 6. The van der Waals surface area contributed by atoms with Crippen molar-refractivity contribution < 1.29 is 9.18 Å². The molecule has 94 valence electrons. The Morgan fingerprint density at radius 2 is 2.12 bits per heavy atom. The van der Waals surface area contributed by atoms with Crippen LogP contribution >= 0.6 is 0 Å². The Hall–Kier alpha value is -1.42. The van der Waals surface area contributed by atoms with Crippen LogP contribution < -0.4 is 5.32 Å². The van der Waals surface area contributed by atoms with Gasteiger partial charge in [0.1, 0.15) is 5.82 Å². The molecule has 1 amide bonds. The molecule has 1 N–H and O–H groups in total. The lowest BCUT2D eigenvalue weighted by Crippen LogP contribution is -2.30. The number of hydrogen-bond donors (Lipinski definition) is 1. The van der Waals surface area contributed by atoms with Gasteiger partial charge in [-0.15, -0.1) is 0 Å². The molecule has 1 rings (SSSR count). The third-order valence-electron chi connectivity index (χ3n) is 2.65. The summed E-state index contributed by atoms with van der Waals surface area (Å²) in [6.45, 7) is 1.56. The van der Waals surface area contributed by atoms with Gasteiger partial charge in [-0.3, -0.25) is 4.79 Å². The topological polar surface area (TPSA) is 32.3 Å². The van der Waals surface area contributed by atoms with Crippen molar-refractivity contribution in [3.63, 3.8) is 0 Å². The summed E-state index contributed by atoms with van der Waals surface area (Å²) in [5.74, 6) is -0.365. The van der Waals surface area contributed by atoms with Crippen LogP contribution in [-0.4, -0.2) is 38.0 Å². The van der Waals surface area contributed by atoms with Gasteiger partial charge < -0.3 is 10.2 Å². The molecule has 0 saturated heterocycles. The summed E-state index contributed by atoms with van der Waals surface area (Å²) in [5, 5.41) is 3.02. The zero-order chi connectivity index (χ0) is 12.7. The Morgan fingerprint density at radius 3 is 2.76 bits per heavy atom. The van der Waals surface area contributed by atoms with Crippen LogP contribution in [0.15, 0.2) is 24.3 Å². The molecule has 1 aromatic rings. The highest BCUT2D eigenvalue weighted by Gasteiger charge is 2.11. The average molecular weight is 238 g/mol. The summed E-state index contributed by atoms with van der Waals surface area (Å²) in [6.07, 6.45) is 1.03. The quantitative estimate of drug-likeness (QED) is 0.761. The van der Waals surface area contributed by atoms with Crippen molar-refractivity contribution in [3.05, 3.63) is 35.6 Å². The molecule has 0 aromatic heterocycles. The van der Waals surface area contributed by atoms with E-state index in [4.69, 9.17) is 0 Å². The van der Waals surface area contributed by atoms with E-state index in [1.807, 2.05) is 7.05 Å². The van der Waals surface area contributed by atoms with Crippen molar-refractivity contribution in [2.45, 2.75) is 12.8 Å². The van der Waals surface area contributed by atoms with Gasteiger partial charge in [-0.25, -0.2) is 4.39 Å². The fraction of sp³-hybridized carbons (Fsp3) is 0.462. The van der Waals surface area contributed by atoms with Crippen LogP contribution in [-0.2, 0) is 11.2 Å². The summed E-state index contributed by atoms with van der Waals surface area (Å²) in [7, 11) is 3.63. The first-order valence-corrected chi connectivity index (χ1v) is 5.77. The summed E-state index contributed by atoms with van der Waals surface area (Å²) < 4.78 is 13.3. The standard InChI is InChI=1S/C13H19FN2O/c1-15-8-5-9-16(2)13(17)10-11-6-3-4-7-12(11)14/h3-4,6-7,15H,5,8-10H2,1-2H3. The average Bonchev–Trinajstić information content (AvgIpc) is 2.32. The van der Waals surface area contributed by atoms with E-state index in [0.29, 0.717) is 12.1 Å². The summed E-state index contributed by atoms with van der Waals surface area (Å²) in [6, 6.07) is 6.39. The maximum Gasteiger partial charge on any atom is 0.226 e. The lowest BCUT2D eigenvalue weighted by Gasteiger charge is -2.17. The minimum atomic E-state index is -0.315. The van der Waals surface area contributed by atoms with Crippen LogP contribution in [0, 0.1) is 5.82 Å². The van der Waals surface area contributed by atoms with E-state index in [1.54, 1.807) is 30.1 Å². The van der Waals surface area contributed by atoms with Crippen LogP contribution in [0.2, 0.25) is 0 Å². The summed E-state index contributed by atoms with van der Waals surface area (Å²) in [5.41, 5.74) is 0.456. The SMILES string of the molecule is CNCCCN(C)C(=O)Cc1ccccc1F. The molecule has 0 bridgehead atoms. The highest BCUT2D eigenvalue weighted by atomic mass is 19.1. The van der Waals surface area contributed by atoms with E-state index < -0.39 is 0 Å². The Labute approximate surface area is 102 Å². The highest BCUT2D eigenvalue weighted by molar-refractivity contribution is 5.78. The number of carbonyl (C=O) groups is 1. The van der Waals surface area contributed by atoms with Gasteiger partial charge in [0.2, 0.25) is 5.91 Å². The van der Waals surface area contributed by atoms with Gasteiger partial charge in [0.15, 0.2) is 0 Å². The van der Waals surface area contributed by atoms with Crippen LogP contribution in [0.5, 0.6) is 0 Å². The Balaban J connectivity index is 2.46. The molecule has 0 heterocycles. The molecule has 0 aliphatic heterocycles. The molecule has 0 saturated carbocycles. The predicted octanol–water partition coefficient (Wildman–Crippen LogP) is 1.44. The van der Waals surface area contributed by atoms with E-state index in [0.717, 1.165) is 13.0 Å². The second kappa shape index (κ2) is 7.01. The molecule has 4 heteroatoms. The largest absolute Gasteiger partial charge is 0.345 e. The minimum Gasteiger partial charge on any atom is -0.345 e. The molecule has 1 aromatic carbocycles. The van der Waals surface area contributed by atoms with Crippen LogP contribution in [0.1, 0.15) is 12.0 Å². The van der Waals surface area contributed by atoms with Gasteiger partial charge in [0, 0.05) is 13.6 Å². The first kappa shape index (κ1) is 13.6. The Kier molecular flexibility index (Phi) is 5.63. The molecule has 0 radical (unpaired) electrons. The minimum absolute atomic E-state index is 0.0498. The molecule has 17 heavy (non-hydrogen) atoms. The van der Waals surface area contributed by atoms with Crippen molar-refractivity contribution in [1.29, 1.82) is 0 Å². The molecule has 0 fully saturated rings. The number of benzene rings is 1. The van der Waals surface area contributed by atoms with Crippen molar-refractivity contribution >= 4 is 5.91 Å². The van der Waals surface area contributed by atoms with E-state index in [1.165, 1.54) is 6.07 Å². The zero-order valence-corrected chi connectivity index (χ0v) is 10.4. The fourth-order valence-corrected chi connectivity index (χ4v) is 1.56. The number of hydrogen-bond acceptors (Lipinski definition) is 2. The highest BCUT2D eigenvalue weighted by Crippen LogP contribution is 2.08. The number of amides is 1. The van der Waals surface area contributed by atoms with Gasteiger partial charge in [-0.05, 0) is 31.6 Å². The molecular formula is C13H19FN2O. The number of halogens is 1. The molecule has 0 unspecified atom stereocenters. The van der Waals surface area contributed by atoms with Crippen LogP contribution in [0.3, 0.4) is 0 Å². The monoisotopic (exact) mass is 238 g/mol. The Bertz CT molecular complexity index is 368. The molecule has 0 aliphatic rings. The Morgan fingerprint density at radius 1 is 1.41 bits per heavy atom. The van der Waals surface area contributed by atoms with Crippen molar-refractivity contribution in [1.82, 2.24) is 10.2 Å². The molecule has 0 spiro atoms. The zero-order valence-electron chi connectivity index (χ0n) is 10.4. The van der Waals surface area contributed by atoms with E-state index in [9.17, 15) is 9.18 Å². The smallest absolute Gasteiger partial charge is 0.226 e. The normalized spacial score (nSPS) is 10.3. The number of nitrogens with zero attached hydrogens (tertiary/aromatic N) is 1. The predicted molar refractivity (Wildman–Crippen MR) is 66.3 cm³/mol. The first-order chi connectivity index (χ1) is 8.15. The van der Waals surface area contributed by atoms with Gasteiger partial charge in [-0.1, -0.05) is 18.2 Å². The third kappa shape index (κ3) is 4.53. The summed E-state index contributed by atoms with van der Waals surface area (Å²) >= 11 is 0. The number of likely N-dealkylation sites (N-methyl/N-ethyl adjacent to an activating group) is 1. The maximum absolute atomic E-state index is 13.3. The lowest BCUT2D eigenvalue weighted by molar-refractivity contribution is -0.129. The number of nitrogens with one attached hydrogen (secondary N) is 1. The number of carbonyl (C=O) groups excluding carboxylic acids is 1. The van der Waals surface area contributed by atoms with E-state index in [-0.39, 0.29) is 18.1 Å². The molecule has 0 atom stereocenters. The van der Waals surface area contributed by atoms with Crippen molar-refractivity contribution in [2.75, 3.05) is 27.2 Å². The third-order valence-corrected chi connectivity index (χ3v) is 2.65. The van der Waals surface area contributed by atoms with E-state index >= 15 is 0 Å². The fourth-order valence-electron chi connectivity index (χ4n) is 1.56. The van der Waals surface area contributed by atoms with Gasteiger partial charge in [-0.2, -0.15) is 0 Å². The van der Waals surface area contributed by atoms with Crippen molar-refractivity contribution in [3.8, 4) is 0 Å². The maximum atomic E-state index is 13.3. The molecule has 0 aliphatic carbocycles. The lowest BCUT2D eigenvalue weighted by atomic mass is 10.1. The molecule has 3 nitrogen and oxygen atoms in total. The van der Waals surface area contributed by atoms with Crippen molar-refractivity contribution in [2.24, 2.45) is 0 Å². The van der Waals surface area contributed by atoms with Gasteiger partial charge in [0.25, 0.3) is 0 Å². The second-order valence-corrected chi connectivity index (χ2v) is 4.04. The van der Waals surface area contributed by atoms with Gasteiger partial charge in [0.05, 0.1) is 6.42 Å². The van der Waals surface area contributed by atoms with E-state index in [2.05, 4.69) is 5.32 Å². The van der Waals surface area contributed by atoms with Crippen LogP contribution in [0.4, 0.5) is 4.39 Å². The summed E-state index contributed by atoms with van der Waals surface area (Å²) in [4.78, 5) is 13.4. The first-order valence-electron chi connectivity index (χ1n) is 5.77. The van der Waals surface area contributed by atoms with Crippen LogP contribution in [0.25, 0.3) is 0 Å².